The van der Waals surface area contributed by atoms with Crippen molar-refractivity contribution < 1.29 is 4.79 Å². The zero-order valence-electron chi connectivity index (χ0n) is 14.9. The van der Waals surface area contributed by atoms with E-state index in [1.807, 2.05) is 12.3 Å². The minimum atomic E-state index is -0.219. The molecule has 7 nitrogen and oxygen atoms in total. The van der Waals surface area contributed by atoms with Gasteiger partial charge in [-0.1, -0.05) is 13.8 Å². The topological polar surface area (TPSA) is 84.2 Å². The van der Waals surface area contributed by atoms with E-state index in [0.717, 1.165) is 23.6 Å². The number of nitrogens with one attached hydrogen (secondary N) is 2. The third kappa shape index (κ3) is 3.37. The van der Waals surface area contributed by atoms with Crippen LogP contribution in [-0.2, 0) is 0 Å². The minimum Gasteiger partial charge on any atom is -0.370 e. The largest absolute Gasteiger partial charge is 0.370 e. The number of pyridine rings is 1. The Hall–Kier alpha value is -2.96. The van der Waals surface area contributed by atoms with Crippen molar-refractivity contribution in [3.63, 3.8) is 0 Å². The second kappa shape index (κ2) is 6.74. The van der Waals surface area contributed by atoms with E-state index in [0.29, 0.717) is 23.2 Å². The van der Waals surface area contributed by atoms with Gasteiger partial charge in [0, 0.05) is 30.6 Å². The Balaban J connectivity index is 1.70. The lowest BCUT2D eigenvalue weighted by atomic mass is 10.2. The van der Waals surface area contributed by atoms with Gasteiger partial charge in [-0.25, -0.2) is 4.98 Å². The lowest BCUT2D eigenvalue weighted by Crippen LogP contribution is -2.17. The highest BCUT2D eigenvalue weighted by molar-refractivity contribution is 6.03. The number of fused-ring (bicyclic) bond motifs is 1. The predicted molar refractivity (Wildman–Crippen MR) is 100 cm³/mol. The SMILES string of the molecule is CC(C)CNc1cc(NC(=O)c2cccnc2)n2ncc(C3CC3)c2n1. The summed E-state index contributed by atoms with van der Waals surface area (Å²) in [4.78, 5) is 21.3. The van der Waals surface area contributed by atoms with Gasteiger partial charge in [-0.3, -0.25) is 9.78 Å². The van der Waals surface area contributed by atoms with Crippen molar-refractivity contribution in [2.24, 2.45) is 5.92 Å². The van der Waals surface area contributed by atoms with Crippen LogP contribution in [-0.4, -0.2) is 32.0 Å². The summed E-state index contributed by atoms with van der Waals surface area (Å²) in [6.07, 6.45) is 7.40. The fraction of sp³-hybridized carbons (Fsp3) is 0.368. The molecule has 0 radical (unpaired) electrons. The zero-order valence-corrected chi connectivity index (χ0v) is 14.9. The monoisotopic (exact) mass is 350 g/mol. The van der Waals surface area contributed by atoms with Gasteiger partial charge in [-0.05, 0) is 36.8 Å². The predicted octanol–water partition coefficient (Wildman–Crippen LogP) is 3.32. The van der Waals surface area contributed by atoms with Gasteiger partial charge >= 0.3 is 0 Å². The maximum Gasteiger partial charge on any atom is 0.258 e. The lowest BCUT2D eigenvalue weighted by molar-refractivity contribution is 0.102. The van der Waals surface area contributed by atoms with E-state index in [1.54, 1.807) is 29.0 Å². The molecule has 3 aromatic rings. The standard InChI is InChI=1S/C19H22N6O/c1-12(2)9-21-16-8-17(24-19(26)14-4-3-7-20-10-14)25-18(23-16)15(11-22-25)13-5-6-13/h3-4,7-8,10-13H,5-6,9H2,1-2H3,(H,21,23)(H,24,26). The Morgan fingerprint density at radius 3 is 2.88 bits per heavy atom. The van der Waals surface area contributed by atoms with E-state index in [2.05, 4.69) is 34.6 Å². The van der Waals surface area contributed by atoms with Crippen LogP contribution in [0, 0.1) is 5.92 Å². The van der Waals surface area contributed by atoms with Crippen LogP contribution in [0.4, 0.5) is 11.6 Å². The van der Waals surface area contributed by atoms with Gasteiger partial charge in [-0.15, -0.1) is 0 Å². The Kier molecular flexibility index (Phi) is 4.28. The fourth-order valence-corrected chi connectivity index (χ4v) is 2.84. The summed E-state index contributed by atoms with van der Waals surface area (Å²) in [6, 6.07) is 5.30. The Morgan fingerprint density at radius 2 is 2.19 bits per heavy atom. The van der Waals surface area contributed by atoms with E-state index in [-0.39, 0.29) is 5.91 Å². The normalized spacial score (nSPS) is 14.0. The number of carbonyl (C=O) groups is 1. The molecule has 0 aromatic carbocycles. The number of aromatic nitrogens is 4. The smallest absolute Gasteiger partial charge is 0.258 e. The number of nitrogens with zero attached hydrogens (tertiary/aromatic N) is 4. The van der Waals surface area contributed by atoms with Crippen LogP contribution in [0.15, 0.2) is 36.8 Å². The van der Waals surface area contributed by atoms with Crippen molar-refractivity contribution in [1.29, 1.82) is 0 Å². The average Bonchev–Trinajstić information content (AvgIpc) is 3.40. The number of carbonyl (C=O) groups excluding carboxylic acids is 1. The number of rotatable bonds is 6. The van der Waals surface area contributed by atoms with Crippen LogP contribution in [0.25, 0.3) is 5.65 Å². The summed E-state index contributed by atoms with van der Waals surface area (Å²) in [5.74, 6) is 2.15. The van der Waals surface area contributed by atoms with Crippen LogP contribution >= 0.6 is 0 Å². The van der Waals surface area contributed by atoms with Gasteiger partial charge in [0.1, 0.15) is 11.6 Å². The van der Waals surface area contributed by atoms with Crippen molar-refractivity contribution in [1.82, 2.24) is 19.6 Å². The summed E-state index contributed by atoms with van der Waals surface area (Å²) >= 11 is 0. The number of anilines is 2. The summed E-state index contributed by atoms with van der Waals surface area (Å²) in [5.41, 5.74) is 2.46. The molecule has 0 atom stereocenters. The molecule has 0 spiro atoms. The van der Waals surface area contributed by atoms with Crippen LogP contribution in [0.5, 0.6) is 0 Å². The summed E-state index contributed by atoms with van der Waals surface area (Å²) in [7, 11) is 0. The second-order valence-corrected chi connectivity index (χ2v) is 7.11. The van der Waals surface area contributed by atoms with Gasteiger partial charge < -0.3 is 10.6 Å². The molecule has 134 valence electrons. The summed E-state index contributed by atoms with van der Waals surface area (Å²) < 4.78 is 1.71. The maximum absolute atomic E-state index is 12.6. The van der Waals surface area contributed by atoms with Crippen LogP contribution in [0.1, 0.15) is 48.5 Å². The Labute approximate surface area is 151 Å². The molecule has 0 saturated heterocycles. The first kappa shape index (κ1) is 16.5. The first-order chi connectivity index (χ1) is 12.6. The molecule has 1 amide bonds. The molecule has 3 heterocycles. The molecule has 1 aliphatic rings. The van der Waals surface area contributed by atoms with Crippen LogP contribution in [0.2, 0.25) is 0 Å². The van der Waals surface area contributed by atoms with E-state index >= 15 is 0 Å². The van der Waals surface area contributed by atoms with Gasteiger partial charge in [0.25, 0.3) is 5.91 Å². The summed E-state index contributed by atoms with van der Waals surface area (Å²) in [6.45, 7) is 5.10. The second-order valence-electron chi connectivity index (χ2n) is 7.11. The molecule has 0 unspecified atom stereocenters. The quantitative estimate of drug-likeness (QED) is 0.712. The number of amides is 1. The first-order valence-electron chi connectivity index (χ1n) is 8.95. The zero-order chi connectivity index (χ0) is 18.1. The summed E-state index contributed by atoms with van der Waals surface area (Å²) in [5, 5.41) is 10.8. The van der Waals surface area contributed by atoms with Crippen molar-refractivity contribution in [3.05, 3.63) is 47.9 Å². The van der Waals surface area contributed by atoms with Gasteiger partial charge in [-0.2, -0.15) is 9.61 Å². The lowest BCUT2D eigenvalue weighted by Gasteiger charge is -2.12. The van der Waals surface area contributed by atoms with Crippen molar-refractivity contribution in [2.75, 3.05) is 17.2 Å². The van der Waals surface area contributed by atoms with Crippen molar-refractivity contribution >= 4 is 23.2 Å². The highest BCUT2D eigenvalue weighted by Gasteiger charge is 2.28. The molecule has 2 N–H and O–H groups in total. The molecule has 0 bridgehead atoms. The minimum absolute atomic E-state index is 0.219. The Bertz CT molecular complexity index is 930. The molecule has 1 fully saturated rings. The van der Waals surface area contributed by atoms with E-state index in [4.69, 9.17) is 4.98 Å². The highest BCUT2D eigenvalue weighted by atomic mass is 16.1. The molecular weight excluding hydrogens is 328 g/mol. The average molecular weight is 350 g/mol. The van der Waals surface area contributed by atoms with Gasteiger partial charge in [0.2, 0.25) is 0 Å². The molecule has 4 rings (SSSR count). The molecule has 7 heteroatoms. The molecule has 3 aromatic heterocycles. The molecular formula is C19H22N6O. The van der Waals surface area contributed by atoms with Gasteiger partial charge in [0.05, 0.1) is 11.8 Å². The number of hydrogen-bond acceptors (Lipinski definition) is 5. The fourth-order valence-electron chi connectivity index (χ4n) is 2.84. The Morgan fingerprint density at radius 1 is 1.35 bits per heavy atom. The third-order valence-electron chi connectivity index (χ3n) is 4.37. The highest BCUT2D eigenvalue weighted by Crippen LogP contribution is 2.42. The van der Waals surface area contributed by atoms with Crippen molar-refractivity contribution in [3.8, 4) is 0 Å². The van der Waals surface area contributed by atoms with Crippen LogP contribution < -0.4 is 10.6 Å². The molecule has 26 heavy (non-hydrogen) atoms. The van der Waals surface area contributed by atoms with E-state index in [1.165, 1.54) is 12.8 Å². The molecule has 1 saturated carbocycles. The van der Waals surface area contributed by atoms with E-state index in [9.17, 15) is 4.79 Å². The van der Waals surface area contributed by atoms with Gasteiger partial charge in [0.15, 0.2) is 5.65 Å². The first-order valence-corrected chi connectivity index (χ1v) is 8.95. The maximum atomic E-state index is 12.6. The molecule has 0 aliphatic heterocycles. The van der Waals surface area contributed by atoms with Crippen molar-refractivity contribution in [2.45, 2.75) is 32.6 Å². The van der Waals surface area contributed by atoms with E-state index < -0.39 is 0 Å². The number of hydrogen-bond donors (Lipinski definition) is 2. The molecule has 1 aliphatic carbocycles. The third-order valence-corrected chi connectivity index (χ3v) is 4.37. The van der Waals surface area contributed by atoms with Crippen LogP contribution in [0.3, 0.4) is 0 Å².